The van der Waals surface area contributed by atoms with E-state index in [4.69, 9.17) is 9.47 Å². The van der Waals surface area contributed by atoms with Crippen molar-refractivity contribution in [3.05, 3.63) is 33.9 Å². The first kappa shape index (κ1) is 18.4. The Hall–Kier alpha value is -2.68. The van der Waals surface area contributed by atoms with Gasteiger partial charge in [-0.3, -0.25) is 14.9 Å². The second-order valence-corrected chi connectivity index (χ2v) is 4.77. The van der Waals surface area contributed by atoms with Crippen LogP contribution in [0.1, 0.15) is 10.4 Å². The Bertz CT molecular complexity index is 588. The molecule has 0 aromatic heterocycles. The molecule has 0 unspecified atom stereocenters. The summed E-state index contributed by atoms with van der Waals surface area (Å²) in [6.07, 6.45) is 0. The number of nitro groups is 1. The number of carbonyl (C=O) groups is 2. The number of esters is 1. The molecule has 0 atom stereocenters. The van der Waals surface area contributed by atoms with Crippen LogP contribution in [0.15, 0.2) is 18.2 Å². The molecule has 0 aliphatic rings. The van der Waals surface area contributed by atoms with Gasteiger partial charge in [0.2, 0.25) is 0 Å². The fraction of sp³-hybridized carbons (Fsp3) is 0.429. The van der Waals surface area contributed by atoms with Crippen LogP contribution in [-0.4, -0.2) is 62.7 Å². The maximum Gasteiger partial charge on any atom is 0.341 e. The maximum absolute atomic E-state index is 12.1. The first-order valence-corrected chi connectivity index (χ1v) is 6.75. The molecule has 126 valence electrons. The fourth-order valence-corrected chi connectivity index (χ4v) is 1.59. The lowest BCUT2D eigenvalue weighted by Crippen LogP contribution is -2.27. The van der Waals surface area contributed by atoms with Crippen molar-refractivity contribution in [2.75, 3.05) is 46.3 Å². The van der Waals surface area contributed by atoms with Gasteiger partial charge in [-0.1, -0.05) is 0 Å². The highest BCUT2D eigenvalue weighted by Gasteiger charge is 2.19. The zero-order chi connectivity index (χ0) is 17.4. The number of hydrogen-bond acceptors (Lipinski definition) is 7. The molecule has 1 aromatic rings. The number of non-ortho nitro benzene ring substituents is 1. The zero-order valence-electron chi connectivity index (χ0n) is 13.2. The van der Waals surface area contributed by atoms with Crippen molar-refractivity contribution in [2.24, 2.45) is 0 Å². The van der Waals surface area contributed by atoms with Crippen molar-refractivity contribution < 1.29 is 24.0 Å². The lowest BCUT2D eigenvalue weighted by Gasteiger charge is -2.13. The van der Waals surface area contributed by atoms with Gasteiger partial charge in [0.1, 0.15) is 0 Å². The van der Waals surface area contributed by atoms with Gasteiger partial charge >= 0.3 is 5.97 Å². The molecule has 0 fully saturated rings. The van der Waals surface area contributed by atoms with Gasteiger partial charge in [0.05, 0.1) is 17.1 Å². The summed E-state index contributed by atoms with van der Waals surface area (Å²) in [4.78, 5) is 35.1. The van der Waals surface area contributed by atoms with E-state index in [1.54, 1.807) is 0 Å². The largest absolute Gasteiger partial charge is 0.452 e. The highest BCUT2D eigenvalue weighted by Crippen LogP contribution is 2.23. The van der Waals surface area contributed by atoms with E-state index in [1.807, 2.05) is 0 Å². The monoisotopic (exact) mass is 325 g/mol. The highest BCUT2D eigenvalue weighted by molar-refractivity contribution is 5.97. The summed E-state index contributed by atoms with van der Waals surface area (Å²) in [7, 11) is 4.59. The average Bonchev–Trinajstić information content (AvgIpc) is 2.52. The van der Waals surface area contributed by atoms with Gasteiger partial charge in [-0.15, -0.1) is 0 Å². The van der Waals surface area contributed by atoms with Crippen molar-refractivity contribution in [3.8, 4) is 0 Å². The number of benzene rings is 1. The van der Waals surface area contributed by atoms with Gasteiger partial charge in [-0.25, -0.2) is 4.79 Å². The summed E-state index contributed by atoms with van der Waals surface area (Å²) >= 11 is 0. The molecular weight excluding hydrogens is 306 g/mol. The molecule has 0 radical (unpaired) electrons. The van der Waals surface area contributed by atoms with E-state index in [1.165, 1.54) is 38.2 Å². The first-order valence-electron chi connectivity index (χ1n) is 6.75. The van der Waals surface area contributed by atoms with Gasteiger partial charge in [-0.2, -0.15) is 0 Å². The highest BCUT2D eigenvalue weighted by atomic mass is 16.6. The van der Waals surface area contributed by atoms with Crippen LogP contribution in [0, 0.1) is 10.1 Å². The van der Waals surface area contributed by atoms with Crippen molar-refractivity contribution in [2.45, 2.75) is 0 Å². The van der Waals surface area contributed by atoms with Crippen LogP contribution in [0.25, 0.3) is 0 Å². The second-order valence-electron chi connectivity index (χ2n) is 4.77. The number of anilines is 1. The number of methoxy groups -OCH3 is 1. The van der Waals surface area contributed by atoms with Crippen molar-refractivity contribution >= 4 is 23.3 Å². The number of amides is 1. The number of likely N-dealkylation sites (N-methyl/N-ethyl adjacent to an activating group) is 1. The third kappa shape index (κ3) is 5.55. The normalized spacial score (nSPS) is 10.0. The van der Waals surface area contributed by atoms with Crippen LogP contribution in [0.2, 0.25) is 0 Å². The Morgan fingerprint density at radius 1 is 1.35 bits per heavy atom. The first-order chi connectivity index (χ1) is 10.9. The Morgan fingerprint density at radius 2 is 2.04 bits per heavy atom. The Balaban J connectivity index is 2.94. The predicted octanol–water partition coefficient (Wildman–Crippen LogP) is 0.898. The molecule has 0 bridgehead atoms. The summed E-state index contributed by atoms with van der Waals surface area (Å²) in [5.74, 6) is -1.21. The molecule has 1 amide bonds. The van der Waals surface area contributed by atoms with E-state index in [2.05, 4.69) is 5.32 Å². The molecule has 0 heterocycles. The quantitative estimate of drug-likeness (QED) is 0.327. The van der Waals surface area contributed by atoms with Crippen LogP contribution in [0.4, 0.5) is 11.4 Å². The predicted molar refractivity (Wildman–Crippen MR) is 82.4 cm³/mol. The molecule has 1 N–H and O–H groups in total. The standard InChI is InChI=1S/C14H19N3O6/c1-16(2)13(18)9-23-14(19)11-8-10(17(20)21)4-5-12(11)15-6-7-22-3/h4-5,8,15H,6-7,9H2,1-3H3. The third-order valence-corrected chi connectivity index (χ3v) is 2.88. The van der Waals surface area contributed by atoms with Crippen LogP contribution in [0.3, 0.4) is 0 Å². The van der Waals surface area contributed by atoms with Crippen molar-refractivity contribution in [1.82, 2.24) is 4.90 Å². The Labute approximate surface area is 133 Å². The number of nitrogens with one attached hydrogen (secondary N) is 1. The number of ether oxygens (including phenoxy) is 2. The fourth-order valence-electron chi connectivity index (χ4n) is 1.59. The minimum absolute atomic E-state index is 0.0122. The van der Waals surface area contributed by atoms with Crippen LogP contribution >= 0.6 is 0 Å². The summed E-state index contributed by atoms with van der Waals surface area (Å²) in [5.41, 5.74) is 0.116. The second kappa shape index (κ2) is 8.69. The number of hydrogen-bond donors (Lipinski definition) is 1. The van der Waals surface area contributed by atoms with E-state index in [-0.39, 0.29) is 11.3 Å². The van der Waals surface area contributed by atoms with Gasteiger partial charge in [0.25, 0.3) is 11.6 Å². The minimum atomic E-state index is -0.816. The molecule has 9 heteroatoms. The molecule has 1 aromatic carbocycles. The van der Waals surface area contributed by atoms with Crippen molar-refractivity contribution in [1.29, 1.82) is 0 Å². The number of carbonyl (C=O) groups excluding carboxylic acids is 2. The molecule has 0 aliphatic heterocycles. The van der Waals surface area contributed by atoms with E-state index in [0.29, 0.717) is 18.8 Å². The van der Waals surface area contributed by atoms with Crippen LogP contribution < -0.4 is 5.32 Å². The zero-order valence-corrected chi connectivity index (χ0v) is 13.2. The lowest BCUT2D eigenvalue weighted by molar-refractivity contribution is -0.384. The van der Waals surface area contributed by atoms with Gasteiger partial charge in [-0.05, 0) is 6.07 Å². The average molecular weight is 325 g/mol. The molecule has 0 aliphatic carbocycles. The summed E-state index contributed by atoms with van der Waals surface area (Å²) < 4.78 is 9.80. The van der Waals surface area contributed by atoms with Gasteiger partial charge < -0.3 is 19.7 Å². The third-order valence-electron chi connectivity index (χ3n) is 2.88. The lowest BCUT2D eigenvalue weighted by atomic mass is 10.1. The SMILES string of the molecule is COCCNc1ccc([N+](=O)[O-])cc1C(=O)OCC(=O)N(C)C. The molecule has 1 rings (SSSR count). The summed E-state index contributed by atoms with van der Waals surface area (Å²) in [5, 5.41) is 13.8. The smallest absolute Gasteiger partial charge is 0.341 e. The van der Waals surface area contributed by atoms with Crippen molar-refractivity contribution in [3.63, 3.8) is 0 Å². The number of nitrogens with zero attached hydrogens (tertiary/aromatic N) is 2. The number of rotatable bonds is 8. The van der Waals surface area contributed by atoms with E-state index in [9.17, 15) is 19.7 Å². The van der Waals surface area contributed by atoms with E-state index < -0.39 is 23.4 Å². The Kier molecular flexibility index (Phi) is 6.94. The van der Waals surface area contributed by atoms with Gasteiger partial charge in [0.15, 0.2) is 6.61 Å². The number of nitro benzene ring substituents is 1. The van der Waals surface area contributed by atoms with Gasteiger partial charge in [0, 0.05) is 45.6 Å². The Morgan fingerprint density at radius 3 is 2.61 bits per heavy atom. The summed E-state index contributed by atoms with van der Waals surface area (Å²) in [6.45, 7) is 0.363. The molecular formula is C14H19N3O6. The maximum atomic E-state index is 12.1. The molecule has 0 saturated heterocycles. The molecule has 0 spiro atoms. The topological polar surface area (TPSA) is 111 Å². The molecule has 9 nitrogen and oxygen atoms in total. The van der Waals surface area contributed by atoms with Crippen LogP contribution in [-0.2, 0) is 14.3 Å². The molecule has 23 heavy (non-hydrogen) atoms. The summed E-state index contributed by atoms with van der Waals surface area (Å²) in [6, 6.07) is 3.80. The van der Waals surface area contributed by atoms with Crippen LogP contribution in [0.5, 0.6) is 0 Å². The van der Waals surface area contributed by atoms with E-state index in [0.717, 1.165) is 6.07 Å². The van der Waals surface area contributed by atoms with E-state index >= 15 is 0 Å². The minimum Gasteiger partial charge on any atom is -0.452 e. The molecule has 0 saturated carbocycles.